The van der Waals surface area contributed by atoms with E-state index in [-0.39, 0.29) is 11.6 Å². The molecule has 3 aliphatic rings. The number of hydrogen-bond acceptors (Lipinski definition) is 2. The number of nitrogens with zero attached hydrogens (tertiary/aromatic N) is 2. The van der Waals surface area contributed by atoms with Crippen molar-refractivity contribution in [3.8, 4) is 5.69 Å². The van der Waals surface area contributed by atoms with Gasteiger partial charge in [0.15, 0.2) is 0 Å². The average molecular weight is 794 g/mol. The molecule has 1 N–H and O–H groups in total. The summed E-state index contributed by atoms with van der Waals surface area (Å²) >= 11 is 0. The van der Waals surface area contributed by atoms with Crippen LogP contribution in [0, 0.1) is 5.92 Å². The van der Waals surface area contributed by atoms with Crippen LogP contribution in [0.3, 0.4) is 0 Å². The number of benzene rings is 9. The van der Waals surface area contributed by atoms with Crippen LogP contribution in [-0.2, 0) is 5.41 Å². The van der Waals surface area contributed by atoms with E-state index in [0.29, 0.717) is 11.8 Å². The summed E-state index contributed by atoms with van der Waals surface area (Å²) in [7, 11) is 0. The summed E-state index contributed by atoms with van der Waals surface area (Å²) in [6, 6.07) is 62.9. The molecule has 0 amide bonds. The smallest absolute Gasteiger partial charge is 0.145 e. The lowest BCUT2D eigenvalue weighted by Gasteiger charge is -2.30. The molecule has 3 unspecified atom stereocenters. The van der Waals surface area contributed by atoms with Gasteiger partial charge in [0.25, 0.3) is 0 Å². The van der Waals surface area contributed by atoms with Crippen LogP contribution in [0.1, 0.15) is 53.7 Å². The number of allylic oxidation sites excluding steroid dienone is 5. The summed E-state index contributed by atoms with van der Waals surface area (Å²) in [5.74, 6) is 0.876. The van der Waals surface area contributed by atoms with Gasteiger partial charge in [0.2, 0.25) is 0 Å². The van der Waals surface area contributed by atoms with Gasteiger partial charge in [-0.3, -0.25) is 4.99 Å². The Labute approximate surface area is 360 Å². The fourth-order valence-corrected chi connectivity index (χ4v) is 11.2. The zero-order chi connectivity index (χ0) is 41.1. The summed E-state index contributed by atoms with van der Waals surface area (Å²) in [6.07, 6.45) is 11.2. The van der Waals surface area contributed by atoms with Crippen LogP contribution in [0.25, 0.3) is 76.3 Å². The molecular formula is C59H43N3. The van der Waals surface area contributed by atoms with Crippen molar-refractivity contribution in [3.63, 3.8) is 0 Å². The van der Waals surface area contributed by atoms with Crippen LogP contribution < -0.4 is 5.32 Å². The lowest BCUT2D eigenvalue weighted by molar-refractivity contribution is 0.394. The lowest BCUT2D eigenvalue weighted by atomic mass is 9.74. The van der Waals surface area contributed by atoms with E-state index in [9.17, 15) is 0 Å². The number of rotatable bonds is 4. The van der Waals surface area contributed by atoms with E-state index in [0.717, 1.165) is 28.2 Å². The van der Waals surface area contributed by atoms with E-state index < -0.39 is 0 Å². The summed E-state index contributed by atoms with van der Waals surface area (Å²) in [5.41, 5.74) is 11.9. The highest BCUT2D eigenvalue weighted by molar-refractivity contribution is 6.30. The first-order valence-corrected chi connectivity index (χ1v) is 21.9. The Morgan fingerprint density at radius 3 is 1.95 bits per heavy atom. The Morgan fingerprint density at radius 2 is 1.19 bits per heavy atom. The van der Waals surface area contributed by atoms with Gasteiger partial charge in [0, 0.05) is 33.5 Å². The quantitative estimate of drug-likeness (QED) is 0.177. The minimum absolute atomic E-state index is 0.0255. The zero-order valence-electron chi connectivity index (χ0n) is 34.7. The maximum Gasteiger partial charge on any atom is 0.145 e. The molecule has 2 aliphatic carbocycles. The Kier molecular flexibility index (Phi) is 7.54. The predicted molar refractivity (Wildman–Crippen MR) is 262 cm³/mol. The number of aromatic nitrogens is 1. The van der Waals surface area contributed by atoms with Gasteiger partial charge in [-0.15, -0.1) is 0 Å². The monoisotopic (exact) mass is 793 g/mol. The van der Waals surface area contributed by atoms with Gasteiger partial charge in [0.05, 0.1) is 16.7 Å². The number of aliphatic imine (C=N–C) groups is 1. The number of fused-ring (bicyclic) bond motifs is 14. The minimum Gasteiger partial charge on any atom is -0.360 e. The molecule has 0 fully saturated rings. The van der Waals surface area contributed by atoms with Gasteiger partial charge in [-0.1, -0.05) is 184 Å². The highest BCUT2D eigenvalue weighted by Gasteiger charge is 2.44. The molecule has 294 valence electrons. The van der Waals surface area contributed by atoms with Crippen LogP contribution in [-0.4, -0.2) is 10.3 Å². The predicted octanol–water partition coefficient (Wildman–Crippen LogP) is 14.6. The van der Waals surface area contributed by atoms with Crippen molar-refractivity contribution in [1.82, 2.24) is 9.88 Å². The zero-order valence-corrected chi connectivity index (χ0v) is 34.7. The molecule has 1 aromatic heterocycles. The molecule has 3 heteroatoms. The average Bonchev–Trinajstić information content (AvgIpc) is 3.78. The van der Waals surface area contributed by atoms with Crippen LogP contribution in [0.4, 0.5) is 0 Å². The van der Waals surface area contributed by atoms with Gasteiger partial charge in [-0.2, -0.15) is 0 Å². The largest absolute Gasteiger partial charge is 0.360 e. The van der Waals surface area contributed by atoms with Crippen molar-refractivity contribution in [2.75, 3.05) is 0 Å². The SMILES string of the molecule is CC1(C)c2cc(C3N=C(c4ccccc4)C=C(c4ccc(-n5c6cc7c8ccccc8c8ccccc8c7cc6c6ccc7ccccc7c65)cc4)N3)ccc2C2C=CC=CC21. The van der Waals surface area contributed by atoms with Crippen molar-refractivity contribution in [3.05, 3.63) is 228 Å². The van der Waals surface area contributed by atoms with E-state index in [1.807, 2.05) is 0 Å². The first-order chi connectivity index (χ1) is 30.5. The first kappa shape index (κ1) is 35.3. The molecule has 0 saturated carbocycles. The van der Waals surface area contributed by atoms with Crippen molar-refractivity contribution in [2.24, 2.45) is 10.9 Å². The van der Waals surface area contributed by atoms with Gasteiger partial charge in [-0.05, 0) is 107 Å². The minimum atomic E-state index is -0.234. The van der Waals surface area contributed by atoms with Crippen LogP contribution in [0.5, 0.6) is 0 Å². The molecule has 10 aromatic rings. The standard InChI is InChI=1S/C59H43N3/c1-59(2)52-23-13-12-22-46(52)47-30-27-39(32-53(47)59)58-60-54(37-15-4-3-5-16-37)35-55(61-58)38-24-28-40(29-25-38)62-56-34-50-45-21-11-9-19-43(45)42-18-8-10-20-44(42)49(50)33-51(56)48-31-26-36-14-6-7-17-41(36)57(48)62/h3-35,46,52,58,61H,1-2H3. The maximum absolute atomic E-state index is 5.38. The molecular weight excluding hydrogens is 751 g/mol. The highest BCUT2D eigenvalue weighted by atomic mass is 15.1. The molecule has 9 aromatic carbocycles. The van der Waals surface area contributed by atoms with Crippen molar-refractivity contribution >= 4 is 76.3 Å². The molecule has 0 spiro atoms. The van der Waals surface area contributed by atoms with Crippen molar-refractivity contribution < 1.29 is 0 Å². The molecule has 3 nitrogen and oxygen atoms in total. The van der Waals surface area contributed by atoms with Gasteiger partial charge in [0.1, 0.15) is 6.17 Å². The molecule has 2 heterocycles. The van der Waals surface area contributed by atoms with Gasteiger partial charge < -0.3 is 9.88 Å². The van der Waals surface area contributed by atoms with Crippen LogP contribution in [0.15, 0.2) is 205 Å². The second-order valence-corrected chi connectivity index (χ2v) is 17.9. The fourth-order valence-electron chi connectivity index (χ4n) is 11.2. The number of hydrogen-bond donors (Lipinski definition) is 1. The van der Waals surface area contributed by atoms with Gasteiger partial charge in [-0.25, -0.2) is 0 Å². The third-order valence-corrected chi connectivity index (χ3v) is 14.3. The third kappa shape index (κ3) is 5.15. The third-order valence-electron chi connectivity index (χ3n) is 14.3. The molecule has 0 bridgehead atoms. The Bertz CT molecular complexity index is 3640. The van der Waals surface area contributed by atoms with E-state index >= 15 is 0 Å². The summed E-state index contributed by atoms with van der Waals surface area (Å²) in [4.78, 5) is 5.38. The molecule has 0 radical (unpaired) electrons. The maximum atomic E-state index is 5.38. The van der Waals surface area contributed by atoms with Crippen molar-refractivity contribution in [2.45, 2.75) is 31.3 Å². The van der Waals surface area contributed by atoms with Crippen molar-refractivity contribution in [1.29, 1.82) is 0 Å². The Morgan fingerprint density at radius 1 is 0.532 bits per heavy atom. The summed E-state index contributed by atoms with van der Waals surface area (Å²) in [6.45, 7) is 4.80. The second kappa shape index (κ2) is 13.3. The normalized spacial score (nSPS) is 19.0. The van der Waals surface area contributed by atoms with E-state index in [1.54, 1.807) is 0 Å². The fraction of sp³-hybridized carbons (Fsp3) is 0.102. The summed E-state index contributed by atoms with van der Waals surface area (Å²) in [5, 5.41) is 16.6. The molecule has 1 aliphatic heterocycles. The Hall–Kier alpha value is -7.49. The molecule has 0 saturated heterocycles. The van der Waals surface area contributed by atoms with Gasteiger partial charge >= 0.3 is 0 Å². The Balaban J connectivity index is 0.968. The topological polar surface area (TPSA) is 29.3 Å². The first-order valence-electron chi connectivity index (χ1n) is 21.9. The van der Waals surface area contributed by atoms with E-state index in [2.05, 4.69) is 224 Å². The van der Waals surface area contributed by atoms with E-state index in [4.69, 9.17) is 4.99 Å². The number of nitrogens with one attached hydrogen (secondary N) is 1. The van der Waals surface area contributed by atoms with Crippen LogP contribution >= 0.6 is 0 Å². The lowest BCUT2D eigenvalue weighted by Crippen LogP contribution is -2.26. The van der Waals surface area contributed by atoms with E-state index in [1.165, 1.54) is 81.6 Å². The highest BCUT2D eigenvalue weighted by Crippen LogP contribution is 2.53. The molecule has 3 atom stereocenters. The molecule has 62 heavy (non-hydrogen) atoms. The summed E-state index contributed by atoms with van der Waals surface area (Å²) < 4.78 is 2.50. The molecule has 13 rings (SSSR count). The van der Waals surface area contributed by atoms with Crippen LogP contribution in [0.2, 0.25) is 0 Å². The second-order valence-electron chi connectivity index (χ2n) is 17.9.